The van der Waals surface area contributed by atoms with Gasteiger partial charge < -0.3 is 9.80 Å². The number of anilines is 1. The third-order valence-corrected chi connectivity index (χ3v) is 4.80. The Labute approximate surface area is 139 Å². The smallest absolute Gasteiger partial charge is 0.345 e. The van der Waals surface area contributed by atoms with Gasteiger partial charge in [-0.2, -0.15) is 13.2 Å². The minimum atomic E-state index is -4.39. The van der Waals surface area contributed by atoms with Crippen LogP contribution in [0.5, 0.6) is 0 Å². The number of carbonyl (C=O) groups excluding carboxylic acids is 1. The number of rotatable bonds is 2. The van der Waals surface area contributed by atoms with E-state index in [9.17, 15) is 22.4 Å². The number of alkyl halides is 3. The SMILES string of the molecule is O=C(c1ccc(F)cc1)N1CCN(c2ncc(C(F)(F)F)s2)CC1. The van der Waals surface area contributed by atoms with E-state index >= 15 is 0 Å². The van der Waals surface area contributed by atoms with Crippen LogP contribution < -0.4 is 4.90 Å². The average molecular weight is 359 g/mol. The van der Waals surface area contributed by atoms with Crippen molar-refractivity contribution in [3.05, 3.63) is 46.7 Å². The van der Waals surface area contributed by atoms with Crippen molar-refractivity contribution in [2.75, 3.05) is 31.1 Å². The number of nitrogens with zero attached hydrogens (tertiary/aromatic N) is 3. The Kier molecular flexibility index (Phi) is 4.44. The first-order valence-electron chi connectivity index (χ1n) is 7.17. The van der Waals surface area contributed by atoms with E-state index in [1.807, 2.05) is 0 Å². The van der Waals surface area contributed by atoms with Crippen LogP contribution in [0, 0.1) is 5.82 Å². The lowest BCUT2D eigenvalue weighted by atomic mass is 10.2. The van der Waals surface area contributed by atoms with E-state index < -0.39 is 16.9 Å². The molecule has 1 saturated heterocycles. The minimum absolute atomic E-state index is 0.218. The van der Waals surface area contributed by atoms with Gasteiger partial charge in [0, 0.05) is 31.7 Å². The second kappa shape index (κ2) is 6.39. The number of piperazine rings is 1. The van der Waals surface area contributed by atoms with Crippen LogP contribution >= 0.6 is 11.3 Å². The summed E-state index contributed by atoms with van der Waals surface area (Å²) >= 11 is 0.599. The highest BCUT2D eigenvalue weighted by Gasteiger charge is 2.34. The number of thiazole rings is 1. The van der Waals surface area contributed by atoms with Crippen LogP contribution in [0.4, 0.5) is 22.7 Å². The van der Waals surface area contributed by atoms with E-state index in [-0.39, 0.29) is 5.91 Å². The molecule has 1 aliphatic heterocycles. The molecule has 128 valence electrons. The molecule has 0 bridgehead atoms. The second-order valence-corrected chi connectivity index (χ2v) is 6.30. The van der Waals surface area contributed by atoms with Gasteiger partial charge in [-0.05, 0) is 24.3 Å². The summed E-state index contributed by atoms with van der Waals surface area (Å²) in [6.07, 6.45) is -3.56. The van der Waals surface area contributed by atoms with Gasteiger partial charge in [-0.25, -0.2) is 9.37 Å². The maximum absolute atomic E-state index is 12.9. The first-order valence-corrected chi connectivity index (χ1v) is 7.99. The molecule has 0 unspecified atom stereocenters. The summed E-state index contributed by atoms with van der Waals surface area (Å²) < 4.78 is 50.8. The molecule has 2 heterocycles. The molecule has 0 N–H and O–H groups in total. The van der Waals surface area contributed by atoms with Gasteiger partial charge >= 0.3 is 6.18 Å². The minimum Gasteiger partial charge on any atom is -0.345 e. The molecule has 4 nitrogen and oxygen atoms in total. The van der Waals surface area contributed by atoms with E-state index in [4.69, 9.17) is 0 Å². The lowest BCUT2D eigenvalue weighted by Crippen LogP contribution is -2.48. The highest BCUT2D eigenvalue weighted by Crippen LogP contribution is 2.36. The van der Waals surface area contributed by atoms with Crippen LogP contribution in [0.25, 0.3) is 0 Å². The van der Waals surface area contributed by atoms with Crippen molar-refractivity contribution in [1.29, 1.82) is 0 Å². The fourth-order valence-electron chi connectivity index (χ4n) is 2.42. The standard InChI is InChI=1S/C15H13F4N3OS/c16-11-3-1-10(2-4-11)13(23)21-5-7-22(8-6-21)14-20-9-12(24-14)15(17,18)19/h1-4,9H,5-8H2. The van der Waals surface area contributed by atoms with Crippen molar-refractivity contribution < 1.29 is 22.4 Å². The monoisotopic (exact) mass is 359 g/mol. The van der Waals surface area contributed by atoms with Gasteiger partial charge in [0.2, 0.25) is 0 Å². The van der Waals surface area contributed by atoms with Crippen molar-refractivity contribution in [2.45, 2.75) is 6.18 Å². The third kappa shape index (κ3) is 3.50. The fraction of sp³-hybridized carbons (Fsp3) is 0.333. The van der Waals surface area contributed by atoms with Crippen molar-refractivity contribution in [3.63, 3.8) is 0 Å². The maximum Gasteiger partial charge on any atom is 0.427 e. The van der Waals surface area contributed by atoms with Crippen molar-refractivity contribution in [2.24, 2.45) is 0 Å². The maximum atomic E-state index is 12.9. The Hall–Kier alpha value is -2.16. The number of carbonyl (C=O) groups is 1. The first kappa shape index (κ1) is 16.7. The van der Waals surface area contributed by atoms with E-state index in [0.717, 1.165) is 6.20 Å². The fourth-order valence-corrected chi connectivity index (χ4v) is 3.25. The van der Waals surface area contributed by atoms with Gasteiger partial charge in [0.1, 0.15) is 10.7 Å². The van der Waals surface area contributed by atoms with Gasteiger partial charge in [0.05, 0.1) is 6.20 Å². The topological polar surface area (TPSA) is 36.4 Å². The van der Waals surface area contributed by atoms with Crippen LogP contribution in [-0.2, 0) is 6.18 Å². The predicted octanol–water partition coefficient (Wildman–Crippen LogP) is 3.26. The Morgan fingerprint density at radius 2 is 1.71 bits per heavy atom. The van der Waals surface area contributed by atoms with Gasteiger partial charge in [-0.1, -0.05) is 11.3 Å². The number of amides is 1. The zero-order chi connectivity index (χ0) is 17.3. The summed E-state index contributed by atoms with van der Waals surface area (Å²) in [6.45, 7) is 1.55. The Bertz CT molecular complexity index is 721. The van der Waals surface area contributed by atoms with Gasteiger partial charge in [-0.15, -0.1) is 0 Å². The molecule has 3 rings (SSSR count). The van der Waals surface area contributed by atoms with Crippen LogP contribution in [-0.4, -0.2) is 42.0 Å². The number of hydrogen-bond acceptors (Lipinski definition) is 4. The summed E-state index contributed by atoms with van der Waals surface area (Å²) in [5.74, 6) is -0.634. The second-order valence-electron chi connectivity index (χ2n) is 5.29. The van der Waals surface area contributed by atoms with E-state index in [1.54, 1.807) is 9.80 Å². The normalized spacial score (nSPS) is 15.7. The van der Waals surface area contributed by atoms with Crippen molar-refractivity contribution >= 4 is 22.4 Å². The average Bonchev–Trinajstić information content (AvgIpc) is 3.05. The zero-order valence-corrected chi connectivity index (χ0v) is 13.2. The van der Waals surface area contributed by atoms with Crippen molar-refractivity contribution in [3.8, 4) is 0 Å². The van der Waals surface area contributed by atoms with Crippen molar-refractivity contribution in [1.82, 2.24) is 9.88 Å². The number of halogens is 4. The molecule has 0 radical (unpaired) electrons. The molecule has 1 aliphatic rings. The summed E-state index contributed by atoms with van der Waals surface area (Å²) in [4.78, 5) is 18.7. The summed E-state index contributed by atoms with van der Waals surface area (Å²) in [5.41, 5.74) is 0.387. The molecule has 1 aromatic carbocycles. The number of hydrogen-bond donors (Lipinski definition) is 0. The quantitative estimate of drug-likeness (QED) is 0.773. The molecular formula is C15H13F4N3OS. The molecule has 2 aromatic rings. The third-order valence-electron chi connectivity index (χ3n) is 3.70. The number of aromatic nitrogens is 1. The van der Waals surface area contributed by atoms with E-state index in [1.165, 1.54) is 24.3 Å². The first-order chi connectivity index (χ1) is 11.3. The zero-order valence-electron chi connectivity index (χ0n) is 12.4. The van der Waals surface area contributed by atoms with Crippen LogP contribution in [0.2, 0.25) is 0 Å². The van der Waals surface area contributed by atoms with Crippen LogP contribution in [0.1, 0.15) is 15.2 Å². The highest BCUT2D eigenvalue weighted by molar-refractivity contribution is 7.15. The van der Waals surface area contributed by atoms with E-state index in [0.29, 0.717) is 48.2 Å². The van der Waals surface area contributed by atoms with Crippen LogP contribution in [0.15, 0.2) is 30.5 Å². The molecule has 0 atom stereocenters. The molecule has 24 heavy (non-hydrogen) atoms. The molecule has 0 spiro atoms. The van der Waals surface area contributed by atoms with E-state index in [2.05, 4.69) is 4.98 Å². The van der Waals surface area contributed by atoms with Crippen LogP contribution in [0.3, 0.4) is 0 Å². The molecule has 1 amide bonds. The highest BCUT2D eigenvalue weighted by atomic mass is 32.1. The predicted molar refractivity (Wildman–Crippen MR) is 81.6 cm³/mol. The Balaban J connectivity index is 1.62. The number of benzene rings is 1. The van der Waals surface area contributed by atoms with Gasteiger partial charge in [0.15, 0.2) is 5.13 Å². The lowest BCUT2D eigenvalue weighted by molar-refractivity contribution is -0.134. The Morgan fingerprint density at radius 3 is 2.25 bits per heavy atom. The molecule has 9 heteroatoms. The lowest BCUT2D eigenvalue weighted by Gasteiger charge is -2.34. The van der Waals surface area contributed by atoms with Gasteiger partial charge in [0.25, 0.3) is 5.91 Å². The summed E-state index contributed by atoms with van der Waals surface area (Å²) in [6, 6.07) is 5.27. The molecule has 1 aromatic heterocycles. The van der Waals surface area contributed by atoms with Gasteiger partial charge in [-0.3, -0.25) is 4.79 Å². The molecule has 0 saturated carbocycles. The molecule has 0 aliphatic carbocycles. The Morgan fingerprint density at radius 1 is 1.08 bits per heavy atom. The largest absolute Gasteiger partial charge is 0.427 e. The molecular weight excluding hydrogens is 346 g/mol. The molecule has 1 fully saturated rings. The summed E-state index contributed by atoms with van der Waals surface area (Å²) in [5, 5.41) is 0.302. The summed E-state index contributed by atoms with van der Waals surface area (Å²) in [7, 11) is 0.